The predicted octanol–water partition coefficient (Wildman–Crippen LogP) is 2.96. The monoisotopic (exact) mass is 404 g/mol. The van der Waals surface area contributed by atoms with Gasteiger partial charge in [0, 0.05) is 38.3 Å². The normalized spacial score (nSPS) is 14.8. The van der Waals surface area contributed by atoms with Crippen LogP contribution in [0.25, 0.3) is 0 Å². The Morgan fingerprint density at radius 3 is 2.34 bits per heavy atom. The van der Waals surface area contributed by atoms with Crippen LogP contribution in [-0.4, -0.2) is 54.7 Å². The Morgan fingerprint density at radius 2 is 1.72 bits per heavy atom. The number of rotatable bonds is 6. The highest BCUT2D eigenvalue weighted by molar-refractivity contribution is 5.89. The van der Waals surface area contributed by atoms with Crippen LogP contribution in [0.2, 0.25) is 0 Å². The summed E-state index contributed by atoms with van der Waals surface area (Å²) < 4.78 is 5.23. The van der Waals surface area contributed by atoms with Crippen LogP contribution >= 0.6 is 0 Å². The van der Waals surface area contributed by atoms with Gasteiger partial charge in [-0.05, 0) is 51.7 Å². The molecular formula is C21H32N4O4. The molecule has 160 valence electrons. The van der Waals surface area contributed by atoms with Crippen LogP contribution in [0.4, 0.5) is 15.3 Å². The molecule has 1 aromatic carbocycles. The fourth-order valence-electron chi connectivity index (χ4n) is 3.07. The number of benzene rings is 1. The standard InChI is InChI=1S/C21H32N4O4/c1-21(2,3)29-20(28)23-15-16-10-13-25(14-11-16)18(26)9-12-22-19(27)24-17-7-5-4-6-8-17/h4-8,16H,9-15H2,1-3H3,(H,23,28)(H2,22,24,27). The summed E-state index contributed by atoms with van der Waals surface area (Å²) in [6.45, 7) is 7.66. The molecule has 1 aliphatic rings. The smallest absolute Gasteiger partial charge is 0.407 e. The number of urea groups is 1. The molecule has 1 aromatic rings. The average molecular weight is 405 g/mol. The topological polar surface area (TPSA) is 99.8 Å². The van der Waals surface area contributed by atoms with E-state index in [1.54, 1.807) is 12.1 Å². The second-order valence-electron chi connectivity index (χ2n) is 8.20. The van der Waals surface area contributed by atoms with Crippen molar-refractivity contribution in [1.82, 2.24) is 15.5 Å². The first kappa shape index (κ1) is 22.5. The van der Waals surface area contributed by atoms with Crippen molar-refractivity contribution in [3.05, 3.63) is 30.3 Å². The van der Waals surface area contributed by atoms with Gasteiger partial charge in [-0.15, -0.1) is 0 Å². The Labute approximate surface area is 172 Å². The van der Waals surface area contributed by atoms with Gasteiger partial charge >= 0.3 is 12.1 Å². The van der Waals surface area contributed by atoms with Crippen molar-refractivity contribution in [3.8, 4) is 0 Å². The second-order valence-corrected chi connectivity index (χ2v) is 8.20. The lowest BCUT2D eigenvalue weighted by atomic mass is 9.96. The van der Waals surface area contributed by atoms with Gasteiger partial charge < -0.3 is 25.6 Å². The molecular weight excluding hydrogens is 372 g/mol. The number of carbonyl (C=O) groups is 3. The molecule has 0 saturated carbocycles. The van der Waals surface area contributed by atoms with Crippen LogP contribution < -0.4 is 16.0 Å². The summed E-state index contributed by atoms with van der Waals surface area (Å²) in [5.41, 5.74) is 0.199. The third-order valence-electron chi connectivity index (χ3n) is 4.56. The molecule has 0 aromatic heterocycles. The van der Waals surface area contributed by atoms with Crippen molar-refractivity contribution < 1.29 is 19.1 Å². The van der Waals surface area contributed by atoms with Crippen molar-refractivity contribution in [3.63, 3.8) is 0 Å². The van der Waals surface area contributed by atoms with E-state index in [9.17, 15) is 14.4 Å². The fraction of sp³-hybridized carbons (Fsp3) is 0.571. The van der Waals surface area contributed by atoms with Crippen LogP contribution in [-0.2, 0) is 9.53 Å². The minimum atomic E-state index is -0.508. The minimum absolute atomic E-state index is 0.0311. The molecule has 0 unspecified atom stereocenters. The van der Waals surface area contributed by atoms with Crippen molar-refractivity contribution in [2.24, 2.45) is 5.92 Å². The molecule has 1 heterocycles. The molecule has 0 aliphatic carbocycles. The number of likely N-dealkylation sites (tertiary alicyclic amines) is 1. The number of ether oxygens (including phenoxy) is 1. The number of carbonyl (C=O) groups excluding carboxylic acids is 3. The highest BCUT2D eigenvalue weighted by Gasteiger charge is 2.24. The number of hydrogen-bond donors (Lipinski definition) is 3. The molecule has 1 aliphatic heterocycles. The summed E-state index contributed by atoms with van der Waals surface area (Å²) in [5, 5.41) is 8.22. The molecule has 29 heavy (non-hydrogen) atoms. The van der Waals surface area contributed by atoms with E-state index in [2.05, 4.69) is 16.0 Å². The number of nitrogens with one attached hydrogen (secondary N) is 3. The van der Waals surface area contributed by atoms with E-state index in [0.717, 1.165) is 12.8 Å². The summed E-state index contributed by atoms with van der Waals surface area (Å²) in [6, 6.07) is 8.82. The quantitative estimate of drug-likeness (QED) is 0.679. The number of amides is 4. The van der Waals surface area contributed by atoms with Crippen molar-refractivity contribution in [2.45, 2.75) is 45.6 Å². The van der Waals surface area contributed by atoms with E-state index in [4.69, 9.17) is 4.74 Å². The molecule has 2 rings (SSSR count). The Kier molecular flexibility index (Phi) is 8.30. The van der Waals surface area contributed by atoms with Crippen LogP contribution in [0.15, 0.2) is 30.3 Å². The molecule has 3 N–H and O–H groups in total. The van der Waals surface area contributed by atoms with E-state index in [1.165, 1.54) is 0 Å². The molecule has 0 radical (unpaired) electrons. The maximum absolute atomic E-state index is 12.3. The van der Waals surface area contributed by atoms with Gasteiger partial charge in [0.2, 0.25) is 5.91 Å². The first-order valence-corrected chi connectivity index (χ1v) is 10.1. The van der Waals surface area contributed by atoms with E-state index >= 15 is 0 Å². The van der Waals surface area contributed by atoms with Crippen LogP contribution in [0.5, 0.6) is 0 Å². The maximum atomic E-state index is 12.3. The molecule has 8 heteroatoms. The third kappa shape index (κ3) is 8.85. The largest absolute Gasteiger partial charge is 0.444 e. The summed E-state index contributed by atoms with van der Waals surface area (Å²) >= 11 is 0. The van der Waals surface area contributed by atoms with E-state index in [0.29, 0.717) is 31.2 Å². The zero-order chi connectivity index (χ0) is 21.3. The van der Waals surface area contributed by atoms with E-state index in [1.807, 2.05) is 43.9 Å². The predicted molar refractivity (Wildman–Crippen MR) is 112 cm³/mol. The summed E-state index contributed by atoms with van der Waals surface area (Å²) in [7, 11) is 0. The summed E-state index contributed by atoms with van der Waals surface area (Å²) in [5.74, 6) is 0.366. The van der Waals surface area contributed by atoms with Crippen LogP contribution in [0, 0.1) is 5.92 Å². The molecule has 1 fully saturated rings. The zero-order valence-electron chi connectivity index (χ0n) is 17.5. The third-order valence-corrected chi connectivity index (χ3v) is 4.56. The first-order chi connectivity index (χ1) is 13.7. The lowest BCUT2D eigenvalue weighted by Crippen LogP contribution is -2.43. The molecule has 8 nitrogen and oxygen atoms in total. The highest BCUT2D eigenvalue weighted by Crippen LogP contribution is 2.17. The summed E-state index contributed by atoms with van der Waals surface area (Å²) in [4.78, 5) is 37.7. The minimum Gasteiger partial charge on any atom is -0.444 e. The van der Waals surface area contributed by atoms with Gasteiger partial charge in [0.15, 0.2) is 0 Å². The lowest BCUT2D eigenvalue weighted by Gasteiger charge is -2.32. The van der Waals surface area contributed by atoms with Crippen molar-refractivity contribution in [2.75, 3.05) is 31.5 Å². The second kappa shape index (κ2) is 10.7. The number of piperidine rings is 1. The Hall–Kier alpha value is -2.77. The van der Waals surface area contributed by atoms with Gasteiger partial charge in [-0.3, -0.25) is 4.79 Å². The number of anilines is 1. The average Bonchev–Trinajstić information content (AvgIpc) is 2.66. The Bertz CT molecular complexity index is 680. The zero-order valence-corrected chi connectivity index (χ0v) is 17.5. The van der Waals surface area contributed by atoms with Gasteiger partial charge in [0.05, 0.1) is 0 Å². The van der Waals surface area contributed by atoms with Gasteiger partial charge in [0.1, 0.15) is 5.60 Å². The lowest BCUT2D eigenvalue weighted by molar-refractivity contribution is -0.132. The molecule has 0 bridgehead atoms. The Balaban J connectivity index is 1.59. The van der Waals surface area contributed by atoms with Crippen LogP contribution in [0.3, 0.4) is 0 Å². The van der Waals surface area contributed by atoms with Gasteiger partial charge in [-0.25, -0.2) is 9.59 Å². The number of nitrogens with zero attached hydrogens (tertiary/aromatic N) is 1. The maximum Gasteiger partial charge on any atom is 0.407 e. The Morgan fingerprint density at radius 1 is 1.07 bits per heavy atom. The van der Waals surface area contributed by atoms with Gasteiger partial charge in [-0.1, -0.05) is 18.2 Å². The van der Waals surface area contributed by atoms with Crippen molar-refractivity contribution in [1.29, 1.82) is 0 Å². The first-order valence-electron chi connectivity index (χ1n) is 10.1. The number of para-hydroxylation sites is 1. The number of alkyl carbamates (subject to hydrolysis) is 1. The van der Waals surface area contributed by atoms with Crippen LogP contribution in [0.1, 0.15) is 40.0 Å². The molecule has 0 spiro atoms. The number of hydrogen-bond acceptors (Lipinski definition) is 4. The van der Waals surface area contributed by atoms with Gasteiger partial charge in [-0.2, -0.15) is 0 Å². The van der Waals surface area contributed by atoms with E-state index in [-0.39, 0.29) is 24.9 Å². The molecule has 1 saturated heterocycles. The highest BCUT2D eigenvalue weighted by atomic mass is 16.6. The van der Waals surface area contributed by atoms with Crippen molar-refractivity contribution >= 4 is 23.7 Å². The van der Waals surface area contributed by atoms with Gasteiger partial charge in [0.25, 0.3) is 0 Å². The van der Waals surface area contributed by atoms with E-state index < -0.39 is 11.7 Å². The summed E-state index contributed by atoms with van der Waals surface area (Å²) in [6.07, 6.45) is 1.53. The fourth-order valence-corrected chi connectivity index (χ4v) is 3.07. The SMILES string of the molecule is CC(C)(C)OC(=O)NCC1CCN(C(=O)CCNC(=O)Nc2ccccc2)CC1. The molecule has 0 atom stereocenters. The molecule has 4 amide bonds.